The summed E-state index contributed by atoms with van der Waals surface area (Å²) in [6.07, 6.45) is 5.19. The molecular weight excluding hydrogens is 316 g/mol. The Hall–Kier alpha value is -2.15. The second-order valence-corrected chi connectivity index (χ2v) is 5.78. The van der Waals surface area contributed by atoms with Gasteiger partial charge in [-0.15, -0.1) is 0 Å². The molecular formula is C17H22O7. The first kappa shape index (κ1) is 18.2. The average Bonchev–Trinajstić information content (AvgIpc) is 3.40. The van der Waals surface area contributed by atoms with Crippen LogP contribution in [0.15, 0.2) is 24.8 Å². The SMILES string of the molecule is C=CC(=O)OCCOC(=O)C1CC=CC(C)C1C(=O)OCC1CO1. The Morgan fingerprint density at radius 1 is 1.21 bits per heavy atom. The van der Waals surface area contributed by atoms with Crippen molar-refractivity contribution in [2.24, 2.45) is 17.8 Å². The zero-order valence-electron chi connectivity index (χ0n) is 13.6. The molecule has 1 heterocycles. The highest BCUT2D eigenvalue weighted by Gasteiger charge is 2.40. The van der Waals surface area contributed by atoms with Crippen molar-refractivity contribution in [3.05, 3.63) is 24.8 Å². The molecule has 0 bridgehead atoms. The topological polar surface area (TPSA) is 91.4 Å². The number of carbonyl (C=O) groups excluding carboxylic acids is 3. The van der Waals surface area contributed by atoms with Crippen molar-refractivity contribution < 1.29 is 33.3 Å². The van der Waals surface area contributed by atoms with Crippen LogP contribution in [0.4, 0.5) is 0 Å². The van der Waals surface area contributed by atoms with Gasteiger partial charge in [0, 0.05) is 6.08 Å². The first-order valence-corrected chi connectivity index (χ1v) is 7.93. The molecule has 0 spiro atoms. The van der Waals surface area contributed by atoms with Gasteiger partial charge in [0.2, 0.25) is 0 Å². The maximum Gasteiger partial charge on any atom is 0.330 e. The molecule has 0 N–H and O–H groups in total. The van der Waals surface area contributed by atoms with Gasteiger partial charge in [-0.3, -0.25) is 9.59 Å². The number of hydrogen-bond donors (Lipinski definition) is 0. The largest absolute Gasteiger partial charge is 0.463 e. The molecule has 0 saturated carbocycles. The van der Waals surface area contributed by atoms with Crippen molar-refractivity contribution in [3.8, 4) is 0 Å². The highest BCUT2D eigenvalue weighted by atomic mass is 16.6. The molecule has 0 aromatic carbocycles. The number of epoxide rings is 1. The van der Waals surface area contributed by atoms with Crippen molar-refractivity contribution in [1.29, 1.82) is 0 Å². The maximum atomic E-state index is 12.3. The van der Waals surface area contributed by atoms with Crippen molar-refractivity contribution in [2.45, 2.75) is 19.4 Å². The van der Waals surface area contributed by atoms with Crippen LogP contribution in [0, 0.1) is 17.8 Å². The Kier molecular flexibility index (Phi) is 6.54. The van der Waals surface area contributed by atoms with Gasteiger partial charge < -0.3 is 18.9 Å². The molecule has 4 unspecified atom stereocenters. The molecule has 0 aromatic heterocycles. The first-order chi connectivity index (χ1) is 11.5. The molecule has 132 valence electrons. The molecule has 0 radical (unpaired) electrons. The Bertz CT molecular complexity index is 521. The lowest BCUT2D eigenvalue weighted by atomic mass is 9.76. The fraction of sp³-hybridized carbons (Fsp3) is 0.588. The Morgan fingerprint density at radius 3 is 2.58 bits per heavy atom. The van der Waals surface area contributed by atoms with Crippen LogP contribution in [0.5, 0.6) is 0 Å². The minimum Gasteiger partial charge on any atom is -0.463 e. The van der Waals surface area contributed by atoms with E-state index in [2.05, 4.69) is 6.58 Å². The molecule has 7 heteroatoms. The summed E-state index contributed by atoms with van der Waals surface area (Å²) in [5.74, 6) is -2.80. The van der Waals surface area contributed by atoms with Crippen molar-refractivity contribution in [1.82, 2.24) is 0 Å². The van der Waals surface area contributed by atoms with Crippen molar-refractivity contribution in [3.63, 3.8) is 0 Å². The molecule has 2 rings (SSSR count). The van der Waals surface area contributed by atoms with Gasteiger partial charge in [-0.2, -0.15) is 0 Å². The monoisotopic (exact) mass is 338 g/mol. The minimum absolute atomic E-state index is 0.0201. The zero-order chi connectivity index (χ0) is 17.5. The van der Waals surface area contributed by atoms with Crippen molar-refractivity contribution >= 4 is 17.9 Å². The fourth-order valence-electron chi connectivity index (χ4n) is 2.58. The van der Waals surface area contributed by atoms with Gasteiger partial charge in [-0.25, -0.2) is 4.79 Å². The average molecular weight is 338 g/mol. The van der Waals surface area contributed by atoms with E-state index in [4.69, 9.17) is 18.9 Å². The number of hydrogen-bond acceptors (Lipinski definition) is 7. The molecule has 1 aliphatic heterocycles. The molecule has 2 aliphatic rings. The Morgan fingerprint density at radius 2 is 1.92 bits per heavy atom. The van der Waals surface area contributed by atoms with Crippen LogP contribution in [0.25, 0.3) is 0 Å². The summed E-state index contributed by atoms with van der Waals surface area (Å²) in [5.41, 5.74) is 0. The third-order valence-corrected chi connectivity index (χ3v) is 3.96. The summed E-state index contributed by atoms with van der Waals surface area (Å²) in [7, 11) is 0. The second-order valence-electron chi connectivity index (χ2n) is 5.78. The molecule has 24 heavy (non-hydrogen) atoms. The summed E-state index contributed by atoms with van der Waals surface area (Å²) < 4.78 is 20.1. The Labute approximate surface area is 140 Å². The van der Waals surface area contributed by atoms with Gasteiger partial charge in [0.15, 0.2) is 0 Å². The van der Waals surface area contributed by atoms with Crippen molar-refractivity contribution in [2.75, 3.05) is 26.4 Å². The normalized spacial score (nSPS) is 27.9. The zero-order valence-corrected chi connectivity index (χ0v) is 13.6. The predicted molar refractivity (Wildman–Crippen MR) is 82.7 cm³/mol. The van der Waals surface area contributed by atoms with E-state index >= 15 is 0 Å². The molecule has 1 fully saturated rings. The lowest BCUT2D eigenvalue weighted by Gasteiger charge is -2.29. The van der Waals surface area contributed by atoms with Gasteiger partial charge in [0.1, 0.15) is 25.9 Å². The van der Waals surface area contributed by atoms with Gasteiger partial charge in [-0.05, 0) is 12.3 Å². The third-order valence-electron chi connectivity index (χ3n) is 3.96. The second kappa shape index (κ2) is 8.63. The van der Waals surface area contributed by atoms with E-state index in [0.29, 0.717) is 13.0 Å². The van der Waals surface area contributed by atoms with Crippen LogP contribution in [-0.2, 0) is 33.3 Å². The number of rotatable bonds is 8. The van der Waals surface area contributed by atoms with Crippen LogP contribution in [0.1, 0.15) is 13.3 Å². The lowest BCUT2D eigenvalue weighted by Crippen LogP contribution is -2.38. The van der Waals surface area contributed by atoms with Crippen LogP contribution >= 0.6 is 0 Å². The van der Waals surface area contributed by atoms with Crippen LogP contribution in [0.3, 0.4) is 0 Å². The fourth-order valence-corrected chi connectivity index (χ4v) is 2.58. The summed E-state index contributed by atoms with van der Waals surface area (Å²) in [5, 5.41) is 0. The molecule has 0 amide bonds. The van der Waals surface area contributed by atoms with Gasteiger partial charge in [-0.1, -0.05) is 25.7 Å². The van der Waals surface area contributed by atoms with E-state index in [1.165, 1.54) is 0 Å². The summed E-state index contributed by atoms with van der Waals surface area (Å²) in [6.45, 7) is 5.83. The van der Waals surface area contributed by atoms with E-state index in [-0.39, 0.29) is 31.8 Å². The van der Waals surface area contributed by atoms with Crippen LogP contribution in [-0.4, -0.2) is 50.4 Å². The van der Waals surface area contributed by atoms with E-state index in [1.807, 2.05) is 19.1 Å². The Balaban J connectivity index is 1.85. The number of allylic oxidation sites excluding steroid dienone is 2. The molecule has 1 aliphatic carbocycles. The highest BCUT2D eigenvalue weighted by molar-refractivity contribution is 5.83. The molecule has 1 saturated heterocycles. The lowest BCUT2D eigenvalue weighted by molar-refractivity contribution is -0.164. The molecule has 7 nitrogen and oxygen atoms in total. The molecule has 0 aromatic rings. The smallest absolute Gasteiger partial charge is 0.330 e. The van der Waals surface area contributed by atoms with E-state index < -0.39 is 29.7 Å². The summed E-state index contributed by atoms with van der Waals surface area (Å²) in [6, 6.07) is 0. The summed E-state index contributed by atoms with van der Waals surface area (Å²) in [4.78, 5) is 35.5. The summed E-state index contributed by atoms with van der Waals surface area (Å²) >= 11 is 0. The standard InChI is InChI=1S/C17H22O7/c1-3-14(18)21-7-8-22-16(19)13-6-4-5-11(2)15(13)17(20)24-10-12-9-23-12/h3-5,11-13,15H,1,6-10H2,2H3. The van der Waals surface area contributed by atoms with Crippen LogP contribution in [0.2, 0.25) is 0 Å². The number of esters is 3. The van der Waals surface area contributed by atoms with E-state index in [9.17, 15) is 14.4 Å². The predicted octanol–water partition coefficient (Wildman–Crippen LogP) is 1.03. The maximum absolute atomic E-state index is 12.3. The quantitative estimate of drug-likeness (QED) is 0.163. The van der Waals surface area contributed by atoms with Crippen LogP contribution < -0.4 is 0 Å². The molecule has 4 atom stereocenters. The third kappa shape index (κ3) is 5.19. The van der Waals surface area contributed by atoms with E-state index in [1.54, 1.807) is 0 Å². The van der Waals surface area contributed by atoms with Gasteiger partial charge >= 0.3 is 17.9 Å². The highest BCUT2D eigenvalue weighted by Crippen LogP contribution is 2.32. The van der Waals surface area contributed by atoms with Gasteiger partial charge in [0.25, 0.3) is 0 Å². The number of ether oxygens (including phenoxy) is 4. The van der Waals surface area contributed by atoms with Gasteiger partial charge in [0.05, 0.1) is 18.4 Å². The van der Waals surface area contributed by atoms with E-state index in [0.717, 1.165) is 6.08 Å². The number of carbonyl (C=O) groups is 3. The first-order valence-electron chi connectivity index (χ1n) is 7.93. The minimum atomic E-state index is -0.604.